The maximum atomic E-state index is 13.0. The summed E-state index contributed by atoms with van der Waals surface area (Å²) < 4.78 is 36.8. The van der Waals surface area contributed by atoms with Crippen molar-refractivity contribution < 1.29 is 22.9 Å². The molecule has 1 aliphatic rings. The number of H-pyrrole nitrogens is 1. The van der Waals surface area contributed by atoms with E-state index in [1.165, 1.54) is 0 Å². The maximum Gasteiger partial charge on any atom is 0.289 e. The van der Waals surface area contributed by atoms with Crippen molar-refractivity contribution >= 4 is 15.7 Å². The summed E-state index contributed by atoms with van der Waals surface area (Å²) in [6.45, 7) is 1.89. The van der Waals surface area contributed by atoms with Crippen molar-refractivity contribution in [3.05, 3.63) is 53.1 Å². The van der Waals surface area contributed by atoms with Gasteiger partial charge in [-0.1, -0.05) is 17.7 Å². The van der Waals surface area contributed by atoms with E-state index in [2.05, 4.69) is 11.1 Å². The van der Waals surface area contributed by atoms with Crippen LogP contribution >= 0.6 is 0 Å². The molecule has 158 valence electrons. The second-order valence-electron chi connectivity index (χ2n) is 7.39. The van der Waals surface area contributed by atoms with E-state index in [1.54, 1.807) is 44.6 Å². The van der Waals surface area contributed by atoms with E-state index < -0.39 is 9.84 Å². The molecule has 8 heteroatoms. The molecular formula is C23H22N3O4S+. The minimum atomic E-state index is -3.53. The van der Waals surface area contributed by atoms with Crippen molar-refractivity contribution in [1.82, 2.24) is 0 Å². The zero-order chi connectivity index (χ0) is 22.3. The molecule has 0 saturated carbocycles. The van der Waals surface area contributed by atoms with E-state index in [1.807, 2.05) is 13.0 Å². The predicted molar refractivity (Wildman–Crippen MR) is 117 cm³/mol. The Morgan fingerprint density at radius 3 is 2.52 bits per heavy atom. The molecular weight excluding hydrogens is 414 g/mol. The van der Waals surface area contributed by atoms with E-state index >= 15 is 0 Å². The minimum absolute atomic E-state index is 0.0705. The fourth-order valence-corrected chi connectivity index (χ4v) is 5.51. The fourth-order valence-electron chi connectivity index (χ4n) is 4.04. The molecule has 0 aliphatic carbocycles. The van der Waals surface area contributed by atoms with E-state index in [-0.39, 0.29) is 28.5 Å². The SMILES string of the molecule is COc1ccc(-c2[nH+]c(N)c(C#N)c3c2CCS(=O)(=O)c2ccc(C)cc2-3)cc1OC. The molecule has 3 aromatic rings. The van der Waals surface area contributed by atoms with Gasteiger partial charge in [0, 0.05) is 22.3 Å². The lowest BCUT2D eigenvalue weighted by Gasteiger charge is -2.15. The summed E-state index contributed by atoms with van der Waals surface area (Å²) in [6, 6.07) is 12.8. The predicted octanol–water partition coefficient (Wildman–Crippen LogP) is 2.94. The summed E-state index contributed by atoms with van der Waals surface area (Å²) in [6.07, 6.45) is 0.237. The number of pyridine rings is 1. The number of ether oxygens (including phenoxy) is 2. The Labute approximate surface area is 181 Å². The Kier molecular flexibility index (Phi) is 5.07. The van der Waals surface area contributed by atoms with Gasteiger partial charge in [-0.2, -0.15) is 5.26 Å². The summed E-state index contributed by atoms with van der Waals surface area (Å²) >= 11 is 0. The van der Waals surface area contributed by atoms with Crippen LogP contribution in [-0.2, 0) is 16.3 Å². The number of aromatic amines is 1. The first-order valence-electron chi connectivity index (χ1n) is 9.64. The molecule has 0 fully saturated rings. The van der Waals surface area contributed by atoms with E-state index in [0.717, 1.165) is 16.7 Å². The molecule has 2 heterocycles. The molecule has 0 unspecified atom stereocenters. The molecule has 0 amide bonds. The summed E-state index contributed by atoms with van der Waals surface area (Å²) in [5.41, 5.74) is 10.6. The van der Waals surface area contributed by atoms with Gasteiger partial charge in [0.05, 0.1) is 24.9 Å². The van der Waals surface area contributed by atoms with Gasteiger partial charge < -0.3 is 9.47 Å². The third-order valence-electron chi connectivity index (χ3n) is 5.53. The number of aromatic nitrogens is 1. The first-order valence-corrected chi connectivity index (χ1v) is 11.3. The van der Waals surface area contributed by atoms with Crippen molar-refractivity contribution in [2.75, 3.05) is 25.7 Å². The number of anilines is 1. The Balaban J connectivity index is 2.11. The van der Waals surface area contributed by atoms with Crippen molar-refractivity contribution in [2.45, 2.75) is 18.2 Å². The lowest BCUT2D eigenvalue weighted by atomic mass is 9.90. The maximum absolute atomic E-state index is 13.0. The summed E-state index contributed by atoms with van der Waals surface area (Å²) in [7, 11) is -0.431. The van der Waals surface area contributed by atoms with Gasteiger partial charge in [-0.3, -0.25) is 5.73 Å². The van der Waals surface area contributed by atoms with Crippen LogP contribution in [-0.4, -0.2) is 28.4 Å². The zero-order valence-corrected chi connectivity index (χ0v) is 18.3. The third-order valence-corrected chi connectivity index (χ3v) is 7.29. The van der Waals surface area contributed by atoms with Gasteiger partial charge in [0.2, 0.25) is 0 Å². The summed E-state index contributed by atoms with van der Waals surface area (Å²) in [5.74, 6) is 1.21. The number of nitrogens with one attached hydrogen (secondary N) is 1. The van der Waals surface area contributed by atoms with Crippen molar-refractivity contribution in [3.63, 3.8) is 0 Å². The number of hydrogen-bond donors (Lipinski definition) is 1. The first-order chi connectivity index (χ1) is 14.8. The van der Waals surface area contributed by atoms with Gasteiger partial charge in [0.25, 0.3) is 5.82 Å². The van der Waals surface area contributed by atoms with Crippen LogP contribution in [0.25, 0.3) is 22.4 Å². The number of nitrogen functional groups attached to an aromatic ring is 1. The number of nitriles is 1. The number of sulfone groups is 1. The first kappa shape index (κ1) is 20.7. The lowest BCUT2D eigenvalue weighted by Crippen LogP contribution is -2.20. The van der Waals surface area contributed by atoms with E-state index in [9.17, 15) is 13.7 Å². The number of methoxy groups -OCH3 is 2. The average molecular weight is 437 g/mol. The highest BCUT2D eigenvalue weighted by Gasteiger charge is 2.32. The molecule has 0 bridgehead atoms. The molecule has 4 rings (SSSR count). The molecule has 3 N–H and O–H groups in total. The molecule has 2 aromatic carbocycles. The van der Waals surface area contributed by atoms with Crippen molar-refractivity contribution in [2.24, 2.45) is 0 Å². The summed E-state index contributed by atoms with van der Waals surface area (Å²) in [5, 5.41) is 9.87. The smallest absolute Gasteiger partial charge is 0.289 e. The standard InChI is InChI=1S/C23H21N3O4S/c1-13-4-7-20-16(10-13)21-15(8-9-31(20,27)28)22(26-23(25)17(21)12-24)14-5-6-18(29-2)19(11-14)30-3/h4-7,10-11H,8-9H2,1-3H3,(H2,25,26)/p+1. The second kappa shape index (κ2) is 7.60. The number of nitrogens with zero attached hydrogens (tertiary/aromatic N) is 1. The van der Waals surface area contributed by atoms with Crippen LogP contribution in [0, 0.1) is 18.3 Å². The van der Waals surface area contributed by atoms with Gasteiger partial charge >= 0.3 is 0 Å². The number of benzene rings is 2. The van der Waals surface area contributed by atoms with Crippen molar-refractivity contribution in [3.8, 4) is 40.0 Å². The van der Waals surface area contributed by atoms with Crippen LogP contribution in [0.15, 0.2) is 41.3 Å². The van der Waals surface area contributed by atoms with Crippen LogP contribution in [0.2, 0.25) is 0 Å². The zero-order valence-electron chi connectivity index (χ0n) is 17.4. The van der Waals surface area contributed by atoms with Crippen LogP contribution in [0.4, 0.5) is 5.82 Å². The minimum Gasteiger partial charge on any atom is -0.493 e. The Hall–Kier alpha value is -3.57. The monoisotopic (exact) mass is 436 g/mol. The highest BCUT2D eigenvalue weighted by Crippen LogP contribution is 2.42. The van der Waals surface area contributed by atoms with Crippen molar-refractivity contribution in [1.29, 1.82) is 5.26 Å². The van der Waals surface area contributed by atoms with Gasteiger partial charge in [0.1, 0.15) is 17.3 Å². The quantitative estimate of drug-likeness (QED) is 0.675. The average Bonchev–Trinajstić information content (AvgIpc) is 2.87. The lowest BCUT2D eigenvalue weighted by molar-refractivity contribution is -0.347. The highest BCUT2D eigenvalue weighted by atomic mass is 32.2. The number of hydrogen-bond acceptors (Lipinski definition) is 6. The van der Waals surface area contributed by atoms with E-state index in [4.69, 9.17) is 15.2 Å². The number of fused-ring (bicyclic) bond motifs is 3. The normalized spacial score (nSPS) is 14.0. The third kappa shape index (κ3) is 3.37. The number of aryl methyl sites for hydroxylation is 1. The van der Waals surface area contributed by atoms with Crippen LogP contribution < -0.4 is 20.2 Å². The molecule has 1 aromatic heterocycles. The Bertz CT molecular complexity index is 1360. The van der Waals surface area contributed by atoms with Crippen LogP contribution in [0.3, 0.4) is 0 Å². The van der Waals surface area contributed by atoms with Gasteiger partial charge in [-0.15, -0.1) is 0 Å². The molecule has 0 saturated heterocycles. The van der Waals surface area contributed by atoms with Crippen LogP contribution in [0.1, 0.15) is 16.7 Å². The summed E-state index contributed by atoms with van der Waals surface area (Å²) in [4.78, 5) is 3.34. The topological polar surface area (TPSA) is 117 Å². The van der Waals surface area contributed by atoms with Crippen LogP contribution in [0.5, 0.6) is 11.5 Å². The molecule has 1 aliphatic heterocycles. The Morgan fingerprint density at radius 1 is 1.10 bits per heavy atom. The second-order valence-corrected chi connectivity index (χ2v) is 9.47. The molecule has 0 radical (unpaired) electrons. The molecule has 31 heavy (non-hydrogen) atoms. The number of nitrogens with two attached hydrogens (primary N) is 1. The van der Waals surface area contributed by atoms with E-state index in [0.29, 0.717) is 28.3 Å². The molecule has 0 spiro atoms. The Morgan fingerprint density at radius 2 is 1.84 bits per heavy atom. The van der Waals surface area contributed by atoms with Gasteiger partial charge in [-0.25, -0.2) is 13.4 Å². The van der Waals surface area contributed by atoms with Gasteiger partial charge in [0.15, 0.2) is 21.3 Å². The fraction of sp³-hybridized carbons (Fsp3) is 0.217. The van der Waals surface area contributed by atoms with Gasteiger partial charge in [-0.05, 0) is 37.6 Å². The molecule has 7 nitrogen and oxygen atoms in total. The molecule has 0 atom stereocenters. The number of rotatable bonds is 3. The highest BCUT2D eigenvalue weighted by molar-refractivity contribution is 7.91. The largest absolute Gasteiger partial charge is 0.493 e.